The highest BCUT2D eigenvalue weighted by molar-refractivity contribution is 5.43. The fraction of sp³-hybridized carbons (Fsp3) is 0.286. The topological polar surface area (TPSA) is 55.0 Å². The molecule has 0 saturated carbocycles. The van der Waals surface area contributed by atoms with E-state index in [0.717, 1.165) is 5.56 Å². The van der Waals surface area contributed by atoms with E-state index in [1.165, 1.54) is 0 Å². The Bertz CT molecular complexity index is 530. The molecule has 0 saturated heterocycles. The van der Waals surface area contributed by atoms with Crippen molar-refractivity contribution in [3.05, 3.63) is 53.7 Å². The minimum absolute atomic E-state index is 0.175. The molecule has 0 aliphatic heterocycles. The Balaban J connectivity index is 2.27. The van der Waals surface area contributed by atoms with E-state index in [2.05, 4.69) is 9.97 Å². The van der Waals surface area contributed by atoms with Gasteiger partial charge in [-0.2, -0.15) is 0 Å². The summed E-state index contributed by atoms with van der Waals surface area (Å²) in [7, 11) is 0. The Labute approximate surface area is 112 Å². The lowest BCUT2D eigenvalue weighted by Crippen LogP contribution is -2.25. The molecular formula is C14H17FN4. The lowest BCUT2D eigenvalue weighted by Gasteiger charge is -2.23. The predicted octanol–water partition coefficient (Wildman–Crippen LogP) is 2.10. The Morgan fingerprint density at radius 2 is 1.95 bits per heavy atom. The van der Waals surface area contributed by atoms with Gasteiger partial charge in [-0.1, -0.05) is 0 Å². The van der Waals surface area contributed by atoms with Crippen molar-refractivity contribution in [3.8, 4) is 0 Å². The molecule has 2 N–H and O–H groups in total. The van der Waals surface area contributed by atoms with Crippen molar-refractivity contribution >= 4 is 5.82 Å². The number of nitrogens with two attached hydrogens (primary N) is 1. The van der Waals surface area contributed by atoms with E-state index in [1.54, 1.807) is 24.7 Å². The van der Waals surface area contributed by atoms with E-state index in [9.17, 15) is 4.39 Å². The van der Waals surface area contributed by atoms with Crippen molar-refractivity contribution in [2.24, 2.45) is 5.73 Å². The average Bonchev–Trinajstić information content (AvgIpc) is 2.46. The summed E-state index contributed by atoms with van der Waals surface area (Å²) in [5.41, 5.74) is 7.07. The quantitative estimate of drug-likeness (QED) is 0.894. The van der Waals surface area contributed by atoms with E-state index in [4.69, 9.17) is 5.73 Å². The molecule has 0 aliphatic carbocycles. The molecule has 2 aromatic rings. The molecular weight excluding hydrogens is 243 g/mol. The zero-order valence-electron chi connectivity index (χ0n) is 10.9. The fourth-order valence-corrected chi connectivity index (χ4v) is 1.89. The summed E-state index contributed by atoms with van der Waals surface area (Å²) < 4.78 is 14.2. The Morgan fingerprint density at radius 1 is 1.21 bits per heavy atom. The van der Waals surface area contributed by atoms with E-state index < -0.39 is 0 Å². The van der Waals surface area contributed by atoms with Crippen LogP contribution in [0.5, 0.6) is 0 Å². The van der Waals surface area contributed by atoms with Crippen LogP contribution >= 0.6 is 0 Å². The number of anilines is 1. The molecule has 0 amide bonds. The molecule has 0 aromatic carbocycles. The van der Waals surface area contributed by atoms with Gasteiger partial charge in [-0.3, -0.25) is 4.98 Å². The SMILES string of the molecule is CCN(Cc1ccncc1)c1nccc(CN)c1F. The first-order chi connectivity index (χ1) is 9.26. The molecule has 5 heteroatoms. The summed E-state index contributed by atoms with van der Waals surface area (Å²) in [6, 6.07) is 5.43. The van der Waals surface area contributed by atoms with Crippen molar-refractivity contribution in [2.45, 2.75) is 20.0 Å². The third-order valence-electron chi connectivity index (χ3n) is 2.97. The average molecular weight is 260 g/mol. The van der Waals surface area contributed by atoms with Crippen LogP contribution in [0, 0.1) is 5.82 Å². The second-order valence-corrected chi connectivity index (χ2v) is 4.18. The fourth-order valence-electron chi connectivity index (χ4n) is 1.89. The number of halogens is 1. The lowest BCUT2D eigenvalue weighted by atomic mass is 10.2. The standard InChI is InChI=1S/C14H17FN4/c1-2-19(10-11-3-6-17-7-4-11)14-13(15)12(9-16)5-8-18-14/h3-8H,2,9-10,16H2,1H3. The summed E-state index contributed by atoms with van der Waals surface area (Å²) in [6.07, 6.45) is 5.04. The molecule has 100 valence electrons. The smallest absolute Gasteiger partial charge is 0.170 e. The number of hydrogen-bond acceptors (Lipinski definition) is 4. The molecule has 0 bridgehead atoms. The second-order valence-electron chi connectivity index (χ2n) is 4.18. The Morgan fingerprint density at radius 3 is 2.58 bits per heavy atom. The molecule has 2 rings (SSSR count). The van der Waals surface area contributed by atoms with Crippen LogP contribution in [0.1, 0.15) is 18.1 Å². The van der Waals surface area contributed by atoms with Crippen molar-refractivity contribution in [3.63, 3.8) is 0 Å². The molecule has 2 heterocycles. The molecule has 0 fully saturated rings. The van der Waals surface area contributed by atoms with Crippen LogP contribution in [0.25, 0.3) is 0 Å². The molecule has 0 unspecified atom stereocenters. The number of rotatable bonds is 5. The molecule has 4 nitrogen and oxygen atoms in total. The predicted molar refractivity (Wildman–Crippen MR) is 73.0 cm³/mol. The molecule has 0 atom stereocenters. The van der Waals surface area contributed by atoms with E-state index in [-0.39, 0.29) is 12.4 Å². The minimum Gasteiger partial charge on any atom is -0.350 e. The van der Waals surface area contributed by atoms with Crippen molar-refractivity contribution in [2.75, 3.05) is 11.4 Å². The van der Waals surface area contributed by atoms with Gasteiger partial charge in [0.15, 0.2) is 11.6 Å². The summed E-state index contributed by atoms with van der Waals surface area (Å²) in [5, 5.41) is 0. The lowest BCUT2D eigenvalue weighted by molar-refractivity contribution is 0.593. The van der Waals surface area contributed by atoms with Crippen LogP contribution in [0.2, 0.25) is 0 Å². The van der Waals surface area contributed by atoms with Gasteiger partial charge in [0.2, 0.25) is 0 Å². The highest BCUT2D eigenvalue weighted by atomic mass is 19.1. The summed E-state index contributed by atoms with van der Waals surface area (Å²) in [6.45, 7) is 3.41. The Kier molecular flexibility index (Phi) is 4.41. The molecule has 2 aromatic heterocycles. The summed E-state index contributed by atoms with van der Waals surface area (Å²) >= 11 is 0. The van der Waals surface area contributed by atoms with Gasteiger partial charge in [-0.15, -0.1) is 0 Å². The van der Waals surface area contributed by atoms with E-state index in [1.807, 2.05) is 24.0 Å². The number of nitrogens with zero attached hydrogens (tertiary/aromatic N) is 3. The largest absolute Gasteiger partial charge is 0.350 e. The van der Waals surface area contributed by atoms with Gasteiger partial charge in [-0.25, -0.2) is 9.37 Å². The Hall–Kier alpha value is -2.01. The van der Waals surface area contributed by atoms with Gasteiger partial charge in [-0.05, 0) is 30.7 Å². The first-order valence-electron chi connectivity index (χ1n) is 6.23. The van der Waals surface area contributed by atoms with Crippen LogP contribution in [0.4, 0.5) is 10.2 Å². The molecule has 0 aliphatic rings. The van der Waals surface area contributed by atoms with Gasteiger partial charge >= 0.3 is 0 Å². The van der Waals surface area contributed by atoms with Crippen molar-refractivity contribution < 1.29 is 4.39 Å². The highest BCUT2D eigenvalue weighted by Gasteiger charge is 2.14. The highest BCUT2D eigenvalue weighted by Crippen LogP contribution is 2.20. The zero-order valence-corrected chi connectivity index (χ0v) is 10.9. The third kappa shape index (κ3) is 3.06. The van der Waals surface area contributed by atoms with Gasteiger partial charge in [0.25, 0.3) is 0 Å². The van der Waals surface area contributed by atoms with Crippen molar-refractivity contribution in [1.82, 2.24) is 9.97 Å². The van der Waals surface area contributed by atoms with Gasteiger partial charge in [0.05, 0.1) is 0 Å². The van der Waals surface area contributed by atoms with Crippen molar-refractivity contribution in [1.29, 1.82) is 0 Å². The maximum atomic E-state index is 14.2. The maximum Gasteiger partial charge on any atom is 0.170 e. The van der Waals surface area contributed by atoms with Crippen LogP contribution < -0.4 is 10.6 Å². The molecule has 19 heavy (non-hydrogen) atoms. The van der Waals surface area contributed by atoms with Crippen LogP contribution in [-0.2, 0) is 13.1 Å². The van der Waals surface area contributed by atoms with Crippen LogP contribution in [0.3, 0.4) is 0 Å². The molecule has 0 radical (unpaired) electrons. The van der Waals surface area contributed by atoms with Crippen LogP contribution in [-0.4, -0.2) is 16.5 Å². The first kappa shape index (κ1) is 13.4. The second kappa shape index (κ2) is 6.24. The maximum absolute atomic E-state index is 14.2. The van der Waals surface area contributed by atoms with Gasteiger partial charge < -0.3 is 10.6 Å². The monoisotopic (exact) mass is 260 g/mol. The molecule has 0 spiro atoms. The summed E-state index contributed by atoms with van der Waals surface area (Å²) in [5.74, 6) is 0.0168. The zero-order chi connectivity index (χ0) is 13.7. The first-order valence-corrected chi connectivity index (χ1v) is 6.23. The third-order valence-corrected chi connectivity index (χ3v) is 2.97. The number of pyridine rings is 2. The van der Waals surface area contributed by atoms with E-state index >= 15 is 0 Å². The number of aromatic nitrogens is 2. The van der Waals surface area contributed by atoms with Gasteiger partial charge in [0, 0.05) is 43.8 Å². The van der Waals surface area contributed by atoms with E-state index in [0.29, 0.717) is 24.5 Å². The normalized spacial score (nSPS) is 10.5. The van der Waals surface area contributed by atoms with Crippen LogP contribution in [0.15, 0.2) is 36.8 Å². The minimum atomic E-state index is -0.332. The summed E-state index contributed by atoms with van der Waals surface area (Å²) in [4.78, 5) is 9.98. The number of hydrogen-bond donors (Lipinski definition) is 1. The van der Waals surface area contributed by atoms with Gasteiger partial charge in [0.1, 0.15) is 0 Å².